The van der Waals surface area contributed by atoms with E-state index in [0.717, 1.165) is 22.4 Å². The van der Waals surface area contributed by atoms with Crippen molar-refractivity contribution in [2.24, 2.45) is 5.92 Å². The molecule has 0 aromatic carbocycles. The number of nitrogens with zero attached hydrogens (tertiary/aromatic N) is 2. The lowest BCUT2D eigenvalue weighted by Crippen LogP contribution is -2.36. The molecular formula is C14H25BrN2O2. The van der Waals surface area contributed by atoms with Crippen LogP contribution >= 0.6 is 15.9 Å². The van der Waals surface area contributed by atoms with E-state index in [0.29, 0.717) is 13.0 Å². The highest BCUT2D eigenvalue weighted by Crippen LogP contribution is 2.24. The molecule has 2 unspecified atom stereocenters. The number of aliphatic hydroxyl groups excluding tert-OH is 1. The summed E-state index contributed by atoms with van der Waals surface area (Å²) in [6, 6.07) is 0. The summed E-state index contributed by atoms with van der Waals surface area (Å²) in [6.07, 6.45) is -0.104. The van der Waals surface area contributed by atoms with Gasteiger partial charge in [0.15, 0.2) is 0 Å². The molecular weight excluding hydrogens is 308 g/mol. The molecule has 110 valence electrons. The molecule has 1 N–H and O–H groups in total. The fourth-order valence-corrected chi connectivity index (χ4v) is 2.76. The number of halogens is 1. The molecule has 0 aliphatic rings. The minimum absolute atomic E-state index is 0.141. The van der Waals surface area contributed by atoms with Crippen LogP contribution in [0.15, 0.2) is 4.47 Å². The molecule has 0 fully saturated rings. The number of aryl methyl sites for hydroxylation is 2. The molecule has 0 spiro atoms. The first kappa shape index (κ1) is 16.7. The molecule has 4 nitrogen and oxygen atoms in total. The lowest BCUT2D eigenvalue weighted by atomic mass is 9.98. The minimum atomic E-state index is -0.516. The van der Waals surface area contributed by atoms with Crippen molar-refractivity contribution in [3.05, 3.63) is 15.9 Å². The van der Waals surface area contributed by atoms with Gasteiger partial charge in [0.2, 0.25) is 0 Å². The maximum Gasteiger partial charge on any atom is 0.0860 e. The lowest BCUT2D eigenvalue weighted by Gasteiger charge is -2.26. The average molecular weight is 333 g/mol. The van der Waals surface area contributed by atoms with Gasteiger partial charge in [-0.3, -0.25) is 4.68 Å². The molecule has 1 aromatic rings. The zero-order valence-corrected chi connectivity index (χ0v) is 14.1. The second-order valence-corrected chi connectivity index (χ2v) is 5.89. The van der Waals surface area contributed by atoms with Crippen molar-refractivity contribution in [2.75, 3.05) is 6.61 Å². The van der Waals surface area contributed by atoms with Crippen LogP contribution in [0.5, 0.6) is 0 Å². The zero-order chi connectivity index (χ0) is 14.6. The monoisotopic (exact) mass is 332 g/mol. The Hall–Kier alpha value is -0.390. The van der Waals surface area contributed by atoms with Crippen molar-refractivity contribution in [3.63, 3.8) is 0 Å². The fourth-order valence-electron chi connectivity index (χ4n) is 2.32. The summed E-state index contributed by atoms with van der Waals surface area (Å²) >= 11 is 3.56. The lowest BCUT2D eigenvalue weighted by molar-refractivity contribution is -0.0569. The Kier molecular flexibility index (Phi) is 6.50. The minimum Gasteiger partial charge on any atom is -0.390 e. The molecule has 1 rings (SSSR count). The number of ether oxygens (including phenoxy) is 1. The van der Waals surface area contributed by atoms with Crippen molar-refractivity contribution in [1.29, 1.82) is 0 Å². The SMILES string of the molecule is CCOC(C(C)C)C(O)Cc1c(Br)c(C)nn1CC. The van der Waals surface area contributed by atoms with E-state index in [1.165, 1.54) is 0 Å². The Labute approximate surface area is 124 Å². The van der Waals surface area contributed by atoms with Crippen LogP contribution in [-0.4, -0.2) is 33.7 Å². The highest BCUT2D eigenvalue weighted by atomic mass is 79.9. The Morgan fingerprint density at radius 1 is 1.37 bits per heavy atom. The first-order chi connectivity index (χ1) is 8.92. The Balaban J connectivity index is 2.88. The third-order valence-electron chi connectivity index (χ3n) is 3.25. The number of aromatic nitrogens is 2. The van der Waals surface area contributed by atoms with Crippen LogP contribution in [0.4, 0.5) is 0 Å². The van der Waals surface area contributed by atoms with Crippen molar-refractivity contribution in [2.45, 2.75) is 59.8 Å². The van der Waals surface area contributed by atoms with Crippen LogP contribution in [0, 0.1) is 12.8 Å². The number of hydrogen-bond donors (Lipinski definition) is 1. The molecule has 0 saturated carbocycles. The highest BCUT2D eigenvalue weighted by molar-refractivity contribution is 9.10. The predicted molar refractivity (Wildman–Crippen MR) is 80.3 cm³/mol. The summed E-state index contributed by atoms with van der Waals surface area (Å²) in [4.78, 5) is 0. The summed E-state index contributed by atoms with van der Waals surface area (Å²) in [5.74, 6) is 0.285. The van der Waals surface area contributed by atoms with Crippen LogP contribution in [0.1, 0.15) is 39.1 Å². The molecule has 19 heavy (non-hydrogen) atoms. The van der Waals surface area contributed by atoms with Gasteiger partial charge in [-0.25, -0.2) is 0 Å². The van der Waals surface area contributed by atoms with Gasteiger partial charge >= 0.3 is 0 Å². The van der Waals surface area contributed by atoms with E-state index < -0.39 is 6.10 Å². The van der Waals surface area contributed by atoms with E-state index in [-0.39, 0.29) is 12.0 Å². The number of aliphatic hydroxyl groups is 1. The average Bonchev–Trinajstić information content (AvgIpc) is 2.63. The topological polar surface area (TPSA) is 47.3 Å². The van der Waals surface area contributed by atoms with Gasteiger partial charge in [0, 0.05) is 19.6 Å². The van der Waals surface area contributed by atoms with Gasteiger partial charge in [0.05, 0.1) is 28.1 Å². The predicted octanol–water partition coefficient (Wildman–Crippen LogP) is 2.94. The van der Waals surface area contributed by atoms with Gasteiger partial charge in [0.25, 0.3) is 0 Å². The van der Waals surface area contributed by atoms with E-state index in [1.807, 2.05) is 18.5 Å². The van der Waals surface area contributed by atoms with Crippen LogP contribution in [0.25, 0.3) is 0 Å². The van der Waals surface area contributed by atoms with Crippen molar-refractivity contribution < 1.29 is 9.84 Å². The molecule has 0 aliphatic carbocycles. The third kappa shape index (κ3) is 4.04. The third-order valence-corrected chi connectivity index (χ3v) is 4.28. The van der Waals surface area contributed by atoms with E-state index in [1.54, 1.807) is 0 Å². The Morgan fingerprint density at radius 3 is 2.47 bits per heavy atom. The molecule has 0 radical (unpaired) electrons. The van der Waals surface area contributed by atoms with E-state index >= 15 is 0 Å². The molecule has 1 heterocycles. The summed E-state index contributed by atoms with van der Waals surface area (Å²) in [6.45, 7) is 11.5. The normalized spacial score (nSPS) is 14.9. The van der Waals surface area contributed by atoms with E-state index in [9.17, 15) is 5.11 Å². The summed E-state index contributed by atoms with van der Waals surface area (Å²) in [5, 5.41) is 14.9. The smallest absolute Gasteiger partial charge is 0.0860 e. The quantitative estimate of drug-likeness (QED) is 0.835. The van der Waals surface area contributed by atoms with Gasteiger partial charge in [-0.15, -0.1) is 0 Å². The highest BCUT2D eigenvalue weighted by Gasteiger charge is 2.26. The largest absolute Gasteiger partial charge is 0.390 e. The van der Waals surface area contributed by atoms with E-state index in [4.69, 9.17) is 4.74 Å². The van der Waals surface area contributed by atoms with Gasteiger partial charge in [0.1, 0.15) is 0 Å². The first-order valence-electron chi connectivity index (χ1n) is 6.93. The Morgan fingerprint density at radius 2 is 2.00 bits per heavy atom. The van der Waals surface area contributed by atoms with Gasteiger partial charge in [-0.1, -0.05) is 13.8 Å². The van der Waals surface area contributed by atoms with Gasteiger partial charge < -0.3 is 9.84 Å². The maximum atomic E-state index is 10.4. The molecule has 5 heteroatoms. The molecule has 0 saturated heterocycles. The van der Waals surface area contributed by atoms with Crippen molar-refractivity contribution >= 4 is 15.9 Å². The van der Waals surface area contributed by atoms with Crippen LogP contribution in [0.2, 0.25) is 0 Å². The van der Waals surface area contributed by atoms with Crippen LogP contribution in [0.3, 0.4) is 0 Å². The van der Waals surface area contributed by atoms with Gasteiger partial charge in [-0.2, -0.15) is 5.10 Å². The zero-order valence-electron chi connectivity index (χ0n) is 12.5. The molecule has 1 aromatic heterocycles. The second-order valence-electron chi connectivity index (χ2n) is 5.10. The molecule has 0 amide bonds. The maximum absolute atomic E-state index is 10.4. The van der Waals surface area contributed by atoms with E-state index in [2.05, 4.69) is 41.8 Å². The molecule has 2 atom stereocenters. The molecule has 0 bridgehead atoms. The van der Waals surface area contributed by atoms with Gasteiger partial charge in [-0.05, 0) is 42.6 Å². The number of rotatable bonds is 7. The standard InChI is InChI=1S/C14H25BrN2O2/c1-6-17-11(13(15)10(5)16-17)8-12(18)14(9(3)4)19-7-2/h9,12,14,18H,6-8H2,1-5H3. The molecule has 0 aliphatic heterocycles. The van der Waals surface area contributed by atoms with Crippen LogP contribution in [-0.2, 0) is 17.7 Å². The first-order valence-corrected chi connectivity index (χ1v) is 7.73. The van der Waals surface area contributed by atoms with Crippen molar-refractivity contribution in [3.8, 4) is 0 Å². The van der Waals surface area contributed by atoms with Crippen LogP contribution < -0.4 is 0 Å². The van der Waals surface area contributed by atoms with Crippen molar-refractivity contribution in [1.82, 2.24) is 9.78 Å². The fraction of sp³-hybridized carbons (Fsp3) is 0.786. The summed E-state index contributed by atoms with van der Waals surface area (Å²) in [7, 11) is 0. The number of hydrogen-bond acceptors (Lipinski definition) is 3. The summed E-state index contributed by atoms with van der Waals surface area (Å²) in [5.41, 5.74) is 2.00. The second kappa shape index (κ2) is 7.41. The summed E-state index contributed by atoms with van der Waals surface area (Å²) < 4.78 is 8.59. The Bertz CT molecular complexity index is 404.